The van der Waals surface area contributed by atoms with Crippen LogP contribution < -0.4 is 0 Å². The molecular weight excluding hydrogens is 222 g/mol. The number of rotatable bonds is 6. The maximum atomic E-state index is 12.6. The Morgan fingerprint density at radius 1 is 1.50 bits per heavy atom. The van der Waals surface area contributed by atoms with Crippen molar-refractivity contribution in [2.45, 2.75) is 58.3 Å². The summed E-state index contributed by atoms with van der Waals surface area (Å²) in [5.74, 6) is 0.745. The van der Waals surface area contributed by atoms with Crippen molar-refractivity contribution in [2.75, 3.05) is 0 Å². The van der Waals surface area contributed by atoms with Gasteiger partial charge in [-0.3, -0.25) is 9.78 Å². The lowest BCUT2D eigenvalue weighted by Crippen LogP contribution is -2.21. The lowest BCUT2D eigenvalue weighted by atomic mass is 9.86. The Hall–Kier alpha value is -1.18. The molecule has 1 heterocycles. The zero-order valence-corrected chi connectivity index (χ0v) is 11.5. The number of Topliss-reactive ketones (excluding diaryl/α,β-unsaturated/α-hetero) is 1. The topological polar surface area (TPSA) is 30.0 Å². The predicted octanol–water partition coefficient (Wildman–Crippen LogP) is 3.90. The quantitative estimate of drug-likeness (QED) is 0.761. The van der Waals surface area contributed by atoms with Crippen LogP contribution in [0.15, 0.2) is 18.3 Å². The van der Waals surface area contributed by atoms with E-state index in [0.717, 1.165) is 37.8 Å². The van der Waals surface area contributed by atoms with Gasteiger partial charge in [-0.05, 0) is 37.3 Å². The SMILES string of the molecule is CCCCC(CC)C(=O)C1CCc2cccnc21. The lowest BCUT2D eigenvalue weighted by molar-refractivity contribution is -0.124. The zero-order valence-electron chi connectivity index (χ0n) is 11.5. The van der Waals surface area contributed by atoms with Crippen molar-refractivity contribution < 1.29 is 4.79 Å². The molecule has 98 valence electrons. The number of ketones is 1. The van der Waals surface area contributed by atoms with Crippen LogP contribution in [0.4, 0.5) is 0 Å². The van der Waals surface area contributed by atoms with Gasteiger partial charge in [-0.25, -0.2) is 0 Å². The Labute approximate surface area is 110 Å². The van der Waals surface area contributed by atoms with Crippen LogP contribution in [0.1, 0.15) is 63.1 Å². The molecule has 0 spiro atoms. The molecule has 1 aromatic heterocycles. The van der Waals surface area contributed by atoms with Crippen LogP contribution in [0.5, 0.6) is 0 Å². The zero-order chi connectivity index (χ0) is 13.0. The number of aryl methyl sites for hydroxylation is 1. The molecule has 2 unspecified atom stereocenters. The minimum Gasteiger partial charge on any atom is -0.299 e. The minimum atomic E-state index is 0.0722. The summed E-state index contributed by atoms with van der Waals surface area (Å²) in [6.07, 6.45) is 8.15. The van der Waals surface area contributed by atoms with Gasteiger partial charge in [0.2, 0.25) is 0 Å². The first-order chi connectivity index (χ1) is 8.77. The smallest absolute Gasteiger partial charge is 0.144 e. The van der Waals surface area contributed by atoms with Crippen LogP contribution in [0.3, 0.4) is 0 Å². The van der Waals surface area contributed by atoms with Crippen molar-refractivity contribution in [1.29, 1.82) is 0 Å². The van der Waals surface area contributed by atoms with E-state index in [1.807, 2.05) is 12.3 Å². The van der Waals surface area contributed by atoms with E-state index in [2.05, 4.69) is 24.9 Å². The normalized spacial score (nSPS) is 19.6. The van der Waals surface area contributed by atoms with E-state index in [1.165, 1.54) is 12.0 Å². The summed E-state index contributed by atoms with van der Waals surface area (Å²) in [5.41, 5.74) is 2.33. The Morgan fingerprint density at radius 2 is 2.33 bits per heavy atom. The predicted molar refractivity (Wildman–Crippen MR) is 73.6 cm³/mol. The molecule has 1 aromatic rings. The van der Waals surface area contributed by atoms with Gasteiger partial charge in [0, 0.05) is 12.1 Å². The van der Waals surface area contributed by atoms with Gasteiger partial charge in [-0.1, -0.05) is 32.8 Å². The molecule has 2 atom stereocenters. The molecule has 0 N–H and O–H groups in total. The maximum Gasteiger partial charge on any atom is 0.144 e. The number of aromatic nitrogens is 1. The van der Waals surface area contributed by atoms with Crippen molar-refractivity contribution >= 4 is 5.78 Å². The van der Waals surface area contributed by atoms with Gasteiger partial charge in [0.25, 0.3) is 0 Å². The summed E-state index contributed by atoms with van der Waals surface area (Å²) >= 11 is 0. The summed E-state index contributed by atoms with van der Waals surface area (Å²) in [6.45, 7) is 4.32. The molecule has 0 saturated heterocycles. The molecule has 1 aliphatic carbocycles. The molecule has 0 saturated carbocycles. The Morgan fingerprint density at radius 3 is 3.06 bits per heavy atom. The fourth-order valence-corrected chi connectivity index (χ4v) is 2.97. The van der Waals surface area contributed by atoms with E-state index in [1.54, 1.807) is 0 Å². The Balaban J connectivity index is 2.10. The van der Waals surface area contributed by atoms with Gasteiger partial charge < -0.3 is 0 Å². The number of carbonyl (C=O) groups is 1. The minimum absolute atomic E-state index is 0.0722. The molecule has 0 aromatic carbocycles. The standard InChI is InChI=1S/C16H23NO/c1-3-5-7-12(4-2)16(18)14-10-9-13-8-6-11-17-15(13)14/h6,8,11-12,14H,3-5,7,9-10H2,1-2H3. The van der Waals surface area contributed by atoms with E-state index in [0.29, 0.717) is 5.78 Å². The fourth-order valence-electron chi connectivity index (χ4n) is 2.97. The molecule has 0 amide bonds. The van der Waals surface area contributed by atoms with Crippen molar-refractivity contribution in [3.63, 3.8) is 0 Å². The van der Waals surface area contributed by atoms with E-state index >= 15 is 0 Å². The third-order valence-electron chi connectivity index (χ3n) is 4.10. The van der Waals surface area contributed by atoms with Crippen LogP contribution in [-0.2, 0) is 11.2 Å². The van der Waals surface area contributed by atoms with Crippen molar-refractivity contribution in [3.05, 3.63) is 29.6 Å². The molecule has 2 heteroatoms. The van der Waals surface area contributed by atoms with Gasteiger partial charge in [0.1, 0.15) is 5.78 Å². The van der Waals surface area contributed by atoms with Crippen LogP contribution in [0.2, 0.25) is 0 Å². The molecular formula is C16H23NO. The van der Waals surface area contributed by atoms with E-state index in [4.69, 9.17) is 0 Å². The van der Waals surface area contributed by atoms with Crippen LogP contribution in [-0.4, -0.2) is 10.8 Å². The highest BCUT2D eigenvalue weighted by Gasteiger charge is 2.32. The van der Waals surface area contributed by atoms with E-state index in [-0.39, 0.29) is 11.8 Å². The average Bonchev–Trinajstić information content (AvgIpc) is 2.83. The van der Waals surface area contributed by atoms with Crippen LogP contribution in [0.25, 0.3) is 0 Å². The molecule has 2 nitrogen and oxygen atoms in total. The molecule has 0 aliphatic heterocycles. The molecule has 0 fully saturated rings. The Bertz CT molecular complexity index is 413. The van der Waals surface area contributed by atoms with Gasteiger partial charge in [0.15, 0.2) is 0 Å². The first-order valence-electron chi connectivity index (χ1n) is 7.25. The third-order valence-corrected chi connectivity index (χ3v) is 4.10. The second kappa shape index (κ2) is 6.12. The first kappa shape index (κ1) is 13.3. The van der Waals surface area contributed by atoms with Gasteiger partial charge in [-0.2, -0.15) is 0 Å². The molecule has 2 rings (SSSR count). The molecule has 1 aliphatic rings. The first-order valence-corrected chi connectivity index (χ1v) is 7.25. The monoisotopic (exact) mass is 245 g/mol. The van der Waals surface area contributed by atoms with Crippen LogP contribution in [0, 0.1) is 5.92 Å². The number of hydrogen-bond donors (Lipinski definition) is 0. The summed E-state index contributed by atoms with van der Waals surface area (Å²) in [7, 11) is 0. The van der Waals surface area contributed by atoms with E-state index < -0.39 is 0 Å². The van der Waals surface area contributed by atoms with Crippen molar-refractivity contribution in [2.24, 2.45) is 5.92 Å². The van der Waals surface area contributed by atoms with Gasteiger partial charge >= 0.3 is 0 Å². The highest BCUT2D eigenvalue weighted by Crippen LogP contribution is 2.35. The number of fused-ring (bicyclic) bond motifs is 1. The summed E-state index contributed by atoms with van der Waals surface area (Å²) < 4.78 is 0. The second-order valence-corrected chi connectivity index (χ2v) is 5.29. The molecule has 18 heavy (non-hydrogen) atoms. The highest BCUT2D eigenvalue weighted by molar-refractivity contribution is 5.88. The molecule has 0 bridgehead atoms. The lowest BCUT2D eigenvalue weighted by Gasteiger charge is -2.18. The van der Waals surface area contributed by atoms with Crippen molar-refractivity contribution in [3.8, 4) is 0 Å². The summed E-state index contributed by atoms with van der Waals surface area (Å²) in [5, 5.41) is 0. The number of carbonyl (C=O) groups excluding carboxylic acids is 1. The number of unbranched alkanes of at least 4 members (excludes halogenated alkanes) is 1. The summed E-state index contributed by atoms with van der Waals surface area (Å²) in [6, 6.07) is 4.09. The van der Waals surface area contributed by atoms with E-state index in [9.17, 15) is 4.79 Å². The maximum absolute atomic E-state index is 12.6. The number of pyridine rings is 1. The summed E-state index contributed by atoms with van der Waals surface area (Å²) in [4.78, 5) is 17.0. The van der Waals surface area contributed by atoms with Crippen molar-refractivity contribution in [1.82, 2.24) is 4.98 Å². The fraction of sp³-hybridized carbons (Fsp3) is 0.625. The number of nitrogens with zero attached hydrogens (tertiary/aromatic N) is 1. The van der Waals surface area contributed by atoms with Gasteiger partial charge in [0.05, 0.1) is 11.6 Å². The number of hydrogen-bond acceptors (Lipinski definition) is 2. The largest absolute Gasteiger partial charge is 0.299 e. The van der Waals surface area contributed by atoms with Gasteiger partial charge in [-0.15, -0.1) is 0 Å². The second-order valence-electron chi connectivity index (χ2n) is 5.29. The highest BCUT2D eigenvalue weighted by atomic mass is 16.1. The van der Waals surface area contributed by atoms with Crippen LogP contribution >= 0.6 is 0 Å². The molecule has 0 radical (unpaired) electrons. The average molecular weight is 245 g/mol. The third kappa shape index (κ3) is 2.63. The Kier molecular flexibility index (Phi) is 4.51.